The molecular formula is C36H76N4O4Ti. The standard InChI is InChI=1S/4C9H19NO.Ti/c4*1-8(2)5-7(11)6-9(3,4)10-8;/h4*7,10-11H,5-6H2,1-4H3;. The molecule has 268 valence electrons. The zero-order valence-corrected chi connectivity index (χ0v) is 33.8. The summed E-state index contributed by atoms with van der Waals surface area (Å²) in [5, 5.41) is 52.2. The fourth-order valence-electron chi connectivity index (χ4n) is 9.07. The minimum absolute atomic E-state index is 0. The summed E-state index contributed by atoms with van der Waals surface area (Å²) in [5.41, 5.74) is 0.676. The van der Waals surface area contributed by atoms with Crippen LogP contribution in [0.1, 0.15) is 162 Å². The molecular weight excluding hydrogens is 600 g/mol. The van der Waals surface area contributed by atoms with Crippen molar-refractivity contribution in [3.63, 3.8) is 0 Å². The summed E-state index contributed by atoms with van der Waals surface area (Å²) in [5.74, 6) is 0. The molecule has 0 amide bonds. The Morgan fingerprint density at radius 1 is 0.289 bits per heavy atom. The number of aliphatic hydroxyl groups is 4. The molecule has 0 saturated carbocycles. The third kappa shape index (κ3) is 19.2. The summed E-state index contributed by atoms with van der Waals surface area (Å²) in [6.45, 7) is 34.2. The predicted molar refractivity (Wildman–Crippen MR) is 186 cm³/mol. The topological polar surface area (TPSA) is 129 Å². The number of piperidine rings is 4. The minimum Gasteiger partial charge on any atom is -0.393 e. The fourth-order valence-corrected chi connectivity index (χ4v) is 9.07. The van der Waals surface area contributed by atoms with Gasteiger partial charge in [-0.15, -0.1) is 0 Å². The molecule has 0 unspecified atom stereocenters. The van der Waals surface area contributed by atoms with Gasteiger partial charge in [-0.2, -0.15) is 0 Å². The molecule has 9 heteroatoms. The van der Waals surface area contributed by atoms with Gasteiger partial charge in [0.1, 0.15) is 0 Å². The quantitative estimate of drug-likeness (QED) is 0.166. The molecule has 0 aromatic carbocycles. The summed E-state index contributed by atoms with van der Waals surface area (Å²) < 4.78 is 0. The van der Waals surface area contributed by atoms with Crippen LogP contribution >= 0.6 is 0 Å². The second-order valence-electron chi connectivity index (χ2n) is 19.8. The number of nitrogens with one attached hydrogen (secondary N) is 4. The molecule has 0 aliphatic carbocycles. The number of rotatable bonds is 0. The van der Waals surface area contributed by atoms with Crippen molar-refractivity contribution in [1.29, 1.82) is 0 Å². The van der Waals surface area contributed by atoms with Crippen LogP contribution in [0, 0.1) is 0 Å². The van der Waals surface area contributed by atoms with Crippen molar-refractivity contribution in [3.05, 3.63) is 0 Å². The van der Waals surface area contributed by atoms with Crippen molar-refractivity contribution >= 4 is 0 Å². The smallest absolute Gasteiger partial charge is 0.0575 e. The van der Waals surface area contributed by atoms with Crippen molar-refractivity contribution in [2.24, 2.45) is 0 Å². The van der Waals surface area contributed by atoms with Gasteiger partial charge < -0.3 is 41.7 Å². The molecule has 4 saturated heterocycles. The Balaban J connectivity index is 0.000000569. The van der Waals surface area contributed by atoms with E-state index >= 15 is 0 Å². The summed E-state index contributed by atoms with van der Waals surface area (Å²) in [6.07, 6.45) is 6.31. The summed E-state index contributed by atoms with van der Waals surface area (Å²) in [6, 6.07) is 0. The number of hydrogen-bond acceptors (Lipinski definition) is 8. The average Bonchev–Trinajstić information content (AvgIpc) is 2.56. The van der Waals surface area contributed by atoms with E-state index < -0.39 is 0 Å². The molecule has 0 spiro atoms. The van der Waals surface area contributed by atoms with Crippen molar-refractivity contribution in [1.82, 2.24) is 21.3 Å². The van der Waals surface area contributed by atoms with Crippen molar-refractivity contribution in [2.45, 2.75) is 231 Å². The van der Waals surface area contributed by atoms with Crippen molar-refractivity contribution in [3.8, 4) is 0 Å². The Bertz CT molecular complexity index is 693. The van der Waals surface area contributed by atoms with E-state index in [9.17, 15) is 20.4 Å². The van der Waals surface area contributed by atoms with Crippen LogP contribution in [0.25, 0.3) is 0 Å². The van der Waals surface area contributed by atoms with E-state index in [0.717, 1.165) is 51.4 Å². The molecule has 4 fully saturated rings. The van der Waals surface area contributed by atoms with E-state index in [1.165, 1.54) is 0 Å². The third-order valence-electron chi connectivity index (χ3n) is 8.67. The molecule has 0 bridgehead atoms. The third-order valence-corrected chi connectivity index (χ3v) is 8.67. The maximum absolute atomic E-state index is 9.54. The molecule has 0 aromatic heterocycles. The molecule has 0 radical (unpaired) electrons. The van der Waals surface area contributed by atoms with Gasteiger partial charge in [0, 0.05) is 66.0 Å². The first kappa shape index (κ1) is 45.4. The monoisotopic (exact) mass is 677 g/mol. The van der Waals surface area contributed by atoms with Crippen LogP contribution in [0.3, 0.4) is 0 Å². The maximum Gasteiger partial charge on any atom is 0.0575 e. The van der Waals surface area contributed by atoms with E-state index in [1.807, 2.05) is 0 Å². The maximum atomic E-state index is 9.54. The number of hydrogen-bond donors (Lipinski definition) is 8. The van der Waals surface area contributed by atoms with Gasteiger partial charge in [0.25, 0.3) is 0 Å². The molecule has 4 heterocycles. The Morgan fingerprint density at radius 3 is 0.444 bits per heavy atom. The second-order valence-corrected chi connectivity index (χ2v) is 19.8. The van der Waals surface area contributed by atoms with Gasteiger partial charge in [0.2, 0.25) is 0 Å². The Morgan fingerprint density at radius 2 is 0.378 bits per heavy atom. The van der Waals surface area contributed by atoms with Crippen LogP contribution in [0.5, 0.6) is 0 Å². The molecule has 45 heavy (non-hydrogen) atoms. The minimum atomic E-state index is -0.138. The molecule has 4 aliphatic rings. The molecule has 0 aromatic rings. The number of aliphatic hydroxyl groups excluding tert-OH is 4. The van der Waals surface area contributed by atoms with Gasteiger partial charge in [-0.05, 0) is 162 Å². The molecule has 4 aliphatic heterocycles. The largest absolute Gasteiger partial charge is 0.393 e. The van der Waals surface area contributed by atoms with Crippen LogP contribution in [0.4, 0.5) is 0 Å². The Hall–Kier alpha value is 0.394. The first-order valence-electron chi connectivity index (χ1n) is 17.1. The van der Waals surface area contributed by atoms with E-state index in [1.54, 1.807) is 0 Å². The first-order valence-corrected chi connectivity index (χ1v) is 17.1. The average molecular weight is 677 g/mol. The van der Waals surface area contributed by atoms with Crippen molar-refractivity contribution in [2.75, 3.05) is 0 Å². The van der Waals surface area contributed by atoms with E-state index in [-0.39, 0.29) is 90.4 Å². The van der Waals surface area contributed by atoms with Crippen molar-refractivity contribution < 1.29 is 42.1 Å². The van der Waals surface area contributed by atoms with Gasteiger partial charge in [-0.25, -0.2) is 0 Å². The van der Waals surface area contributed by atoms with Crippen LogP contribution < -0.4 is 21.3 Å². The van der Waals surface area contributed by atoms with Gasteiger partial charge in [0.05, 0.1) is 24.4 Å². The molecule has 0 atom stereocenters. The van der Waals surface area contributed by atoms with Crippen LogP contribution in [0.15, 0.2) is 0 Å². The van der Waals surface area contributed by atoms with Crippen LogP contribution in [-0.4, -0.2) is 89.2 Å². The van der Waals surface area contributed by atoms with E-state index in [0.29, 0.717) is 0 Å². The summed E-state index contributed by atoms with van der Waals surface area (Å²) >= 11 is 0. The van der Waals surface area contributed by atoms with E-state index in [2.05, 4.69) is 132 Å². The molecule has 8 nitrogen and oxygen atoms in total. The second kappa shape index (κ2) is 16.0. The van der Waals surface area contributed by atoms with Gasteiger partial charge in [-0.1, -0.05) is 0 Å². The molecule has 4 rings (SSSR count). The first-order chi connectivity index (χ1) is 19.2. The zero-order chi connectivity index (χ0) is 34.8. The Labute approximate surface area is 293 Å². The van der Waals surface area contributed by atoms with E-state index in [4.69, 9.17) is 0 Å². The van der Waals surface area contributed by atoms with Crippen LogP contribution in [-0.2, 0) is 21.7 Å². The van der Waals surface area contributed by atoms with Gasteiger partial charge >= 0.3 is 0 Å². The Kier molecular flexibility index (Phi) is 16.1. The molecule has 8 N–H and O–H groups in total. The SMILES string of the molecule is CC1(C)CC(O)CC(C)(C)N1.CC1(C)CC(O)CC(C)(C)N1.CC1(C)CC(O)CC(C)(C)N1.CC1(C)CC(O)CC(C)(C)N1.[Ti]. The normalized spacial score (nSPS) is 29.6. The van der Waals surface area contributed by atoms with Gasteiger partial charge in [-0.3, -0.25) is 0 Å². The van der Waals surface area contributed by atoms with Crippen LogP contribution in [0.2, 0.25) is 0 Å². The fraction of sp³-hybridized carbons (Fsp3) is 1.00. The summed E-state index contributed by atoms with van der Waals surface area (Å²) in [4.78, 5) is 0. The predicted octanol–water partition coefficient (Wildman–Crippen LogP) is 5.15. The van der Waals surface area contributed by atoms with Gasteiger partial charge in [0.15, 0.2) is 0 Å². The summed E-state index contributed by atoms with van der Waals surface area (Å²) in [7, 11) is 0. The zero-order valence-electron chi connectivity index (χ0n) is 32.3.